The first-order valence-corrected chi connectivity index (χ1v) is 5.70. The standard InChI is InChI=1S/C11H22N2/c1-9-7-12-8-11(13(9)2)6-10-4-3-5-10/h9-12H,3-8H2,1-2H3. The Balaban J connectivity index is 1.82. The Morgan fingerprint density at radius 1 is 1.31 bits per heavy atom. The first-order chi connectivity index (χ1) is 6.27. The third-order valence-corrected chi connectivity index (χ3v) is 3.92. The van der Waals surface area contributed by atoms with Crippen molar-refractivity contribution in [1.82, 2.24) is 10.2 Å². The van der Waals surface area contributed by atoms with Gasteiger partial charge in [-0.05, 0) is 26.3 Å². The van der Waals surface area contributed by atoms with Crippen molar-refractivity contribution < 1.29 is 0 Å². The highest BCUT2D eigenvalue weighted by atomic mass is 15.2. The van der Waals surface area contributed by atoms with E-state index in [4.69, 9.17) is 0 Å². The molecule has 2 nitrogen and oxygen atoms in total. The van der Waals surface area contributed by atoms with E-state index in [-0.39, 0.29) is 0 Å². The number of nitrogens with one attached hydrogen (secondary N) is 1. The topological polar surface area (TPSA) is 15.3 Å². The third kappa shape index (κ3) is 2.05. The number of hydrogen-bond acceptors (Lipinski definition) is 2. The van der Waals surface area contributed by atoms with Gasteiger partial charge in [0, 0.05) is 25.2 Å². The van der Waals surface area contributed by atoms with Crippen LogP contribution in [0.4, 0.5) is 0 Å². The van der Waals surface area contributed by atoms with E-state index in [0.717, 1.165) is 24.5 Å². The van der Waals surface area contributed by atoms with Crippen LogP contribution in [0.1, 0.15) is 32.6 Å². The smallest absolute Gasteiger partial charge is 0.0223 e. The van der Waals surface area contributed by atoms with E-state index in [9.17, 15) is 0 Å². The Morgan fingerprint density at radius 2 is 2.08 bits per heavy atom. The van der Waals surface area contributed by atoms with Crippen molar-refractivity contribution in [3.8, 4) is 0 Å². The van der Waals surface area contributed by atoms with Gasteiger partial charge in [0.05, 0.1) is 0 Å². The van der Waals surface area contributed by atoms with Crippen LogP contribution in [0.5, 0.6) is 0 Å². The summed E-state index contributed by atoms with van der Waals surface area (Å²) in [4.78, 5) is 2.56. The van der Waals surface area contributed by atoms with Crippen LogP contribution in [0.2, 0.25) is 0 Å². The van der Waals surface area contributed by atoms with Gasteiger partial charge in [0.2, 0.25) is 0 Å². The van der Waals surface area contributed by atoms with Crippen molar-refractivity contribution >= 4 is 0 Å². The number of hydrogen-bond donors (Lipinski definition) is 1. The molecule has 0 radical (unpaired) electrons. The fraction of sp³-hybridized carbons (Fsp3) is 1.00. The maximum Gasteiger partial charge on any atom is 0.0223 e. The molecule has 0 amide bonds. The van der Waals surface area contributed by atoms with Crippen LogP contribution in [-0.4, -0.2) is 37.1 Å². The molecule has 2 unspecified atom stereocenters. The highest BCUT2D eigenvalue weighted by Crippen LogP contribution is 2.32. The zero-order valence-corrected chi connectivity index (χ0v) is 8.92. The van der Waals surface area contributed by atoms with E-state index in [1.165, 1.54) is 32.2 Å². The fourth-order valence-corrected chi connectivity index (χ4v) is 2.47. The molecule has 2 heteroatoms. The van der Waals surface area contributed by atoms with E-state index in [2.05, 4.69) is 24.2 Å². The molecular formula is C11H22N2. The molecule has 2 rings (SSSR count). The van der Waals surface area contributed by atoms with Gasteiger partial charge in [0.25, 0.3) is 0 Å². The Hall–Kier alpha value is -0.0800. The zero-order chi connectivity index (χ0) is 9.26. The van der Waals surface area contributed by atoms with Crippen LogP contribution >= 0.6 is 0 Å². The van der Waals surface area contributed by atoms with Crippen molar-refractivity contribution in [2.45, 2.75) is 44.7 Å². The molecule has 1 N–H and O–H groups in total. The third-order valence-electron chi connectivity index (χ3n) is 3.92. The first-order valence-electron chi connectivity index (χ1n) is 5.70. The molecule has 2 atom stereocenters. The molecule has 76 valence electrons. The van der Waals surface area contributed by atoms with Gasteiger partial charge < -0.3 is 5.32 Å². The molecular weight excluding hydrogens is 160 g/mol. The second-order valence-electron chi connectivity index (χ2n) is 4.86. The van der Waals surface area contributed by atoms with Crippen molar-refractivity contribution in [2.75, 3.05) is 20.1 Å². The number of rotatable bonds is 2. The highest BCUT2D eigenvalue weighted by molar-refractivity contribution is 4.86. The minimum atomic E-state index is 0.721. The molecule has 0 aromatic rings. The number of piperazine rings is 1. The summed E-state index contributed by atoms with van der Waals surface area (Å²) in [7, 11) is 2.29. The molecule has 0 bridgehead atoms. The molecule has 0 aromatic carbocycles. The number of nitrogens with zero attached hydrogens (tertiary/aromatic N) is 1. The van der Waals surface area contributed by atoms with Crippen LogP contribution < -0.4 is 5.32 Å². The largest absolute Gasteiger partial charge is 0.314 e. The maximum absolute atomic E-state index is 3.53. The summed E-state index contributed by atoms with van der Waals surface area (Å²) in [6.45, 7) is 4.69. The van der Waals surface area contributed by atoms with Gasteiger partial charge in [0.15, 0.2) is 0 Å². The molecule has 1 aliphatic heterocycles. The van der Waals surface area contributed by atoms with Crippen molar-refractivity contribution in [2.24, 2.45) is 5.92 Å². The summed E-state index contributed by atoms with van der Waals surface area (Å²) in [6.07, 6.45) is 5.87. The van der Waals surface area contributed by atoms with E-state index >= 15 is 0 Å². The van der Waals surface area contributed by atoms with Crippen molar-refractivity contribution in [3.05, 3.63) is 0 Å². The normalized spacial score (nSPS) is 37.4. The molecule has 2 aliphatic rings. The summed E-state index contributed by atoms with van der Waals surface area (Å²) in [5, 5.41) is 3.53. The predicted molar refractivity (Wildman–Crippen MR) is 55.8 cm³/mol. The molecule has 1 saturated carbocycles. The van der Waals surface area contributed by atoms with E-state index < -0.39 is 0 Å². The van der Waals surface area contributed by atoms with Crippen LogP contribution in [0.15, 0.2) is 0 Å². The lowest BCUT2D eigenvalue weighted by molar-refractivity contribution is 0.104. The van der Waals surface area contributed by atoms with Gasteiger partial charge in [-0.25, -0.2) is 0 Å². The van der Waals surface area contributed by atoms with Gasteiger partial charge in [-0.3, -0.25) is 4.90 Å². The molecule has 1 aliphatic carbocycles. The summed E-state index contributed by atoms with van der Waals surface area (Å²) >= 11 is 0. The maximum atomic E-state index is 3.53. The quantitative estimate of drug-likeness (QED) is 0.695. The second-order valence-corrected chi connectivity index (χ2v) is 4.86. The van der Waals surface area contributed by atoms with Gasteiger partial charge in [-0.2, -0.15) is 0 Å². The lowest BCUT2D eigenvalue weighted by Crippen LogP contribution is -2.55. The summed E-state index contributed by atoms with van der Waals surface area (Å²) in [5.74, 6) is 1.04. The summed E-state index contributed by atoms with van der Waals surface area (Å²) in [5.41, 5.74) is 0. The van der Waals surface area contributed by atoms with Crippen LogP contribution in [-0.2, 0) is 0 Å². The van der Waals surface area contributed by atoms with Gasteiger partial charge >= 0.3 is 0 Å². The summed E-state index contributed by atoms with van der Waals surface area (Å²) < 4.78 is 0. The lowest BCUT2D eigenvalue weighted by Gasteiger charge is -2.41. The molecule has 0 aromatic heterocycles. The Kier molecular flexibility index (Phi) is 2.89. The van der Waals surface area contributed by atoms with Gasteiger partial charge in [0.1, 0.15) is 0 Å². The second kappa shape index (κ2) is 3.97. The van der Waals surface area contributed by atoms with E-state index in [1.807, 2.05) is 0 Å². The zero-order valence-electron chi connectivity index (χ0n) is 8.92. The van der Waals surface area contributed by atoms with Crippen LogP contribution in [0, 0.1) is 5.92 Å². The molecule has 1 heterocycles. The SMILES string of the molecule is CC1CNCC(CC2CCC2)N1C. The Morgan fingerprint density at radius 3 is 2.69 bits per heavy atom. The minimum absolute atomic E-state index is 0.721. The Labute approximate surface area is 81.7 Å². The average Bonchev–Trinajstić information content (AvgIpc) is 2.04. The van der Waals surface area contributed by atoms with Gasteiger partial charge in [-0.15, -0.1) is 0 Å². The van der Waals surface area contributed by atoms with Crippen molar-refractivity contribution in [3.63, 3.8) is 0 Å². The molecule has 13 heavy (non-hydrogen) atoms. The average molecular weight is 182 g/mol. The summed E-state index contributed by atoms with van der Waals surface area (Å²) in [6, 6.07) is 1.52. The van der Waals surface area contributed by atoms with Crippen molar-refractivity contribution in [1.29, 1.82) is 0 Å². The predicted octanol–water partition coefficient (Wildman–Crippen LogP) is 1.47. The first kappa shape index (κ1) is 9.47. The van der Waals surface area contributed by atoms with Crippen LogP contribution in [0.3, 0.4) is 0 Å². The van der Waals surface area contributed by atoms with E-state index in [0.29, 0.717) is 0 Å². The van der Waals surface area contributed by atoms with E-state index in [1.54, 1.807) is 0 Å². The number of likely N-dealkylation sites (N-methyl/N-ethyl adjacent to an activating group) is 1. The molecule has 1 saturated heterocycles. The highest BCUT2D eigenvalue weighted by Gasteiger charge is 2.28. The fourth-order valence-electron chi connectivity index (χ4n) is 2.47. The van der Waals surface area contributed by atoms with Crippen LogP contribution in [0.25, 0.3) is 0 Å². The molecule has 2 fully saturated rings. The minimum Gasteiger partial charge on any atom is -0.314 e. The van der Waals surface area contributed by atoms with Gasteiger partial charge in [-0.1, -0.05) is 19.3 Å². The molecule has 0 spiro atoms. The Bertz CT molecular complexity index is 165. The lowest BCUT2D eigenvalue weighted by atomic mass is 9.80. The monoisotopic (exact) mass is 182 g/mol.